The molecule has 0 saturated carbocycles. The lowest BCUT2D eigenvalue weighted by Crippen LogP contribution is -2.43. The highest BCUT2D eigenvalue weighted by Crippen LogP contribution is 2.15. The van der Waals surface area contributed by atoms with E-state index < -0.39 is 0 Å². The van der Waals surface area contributed by atoms with Crippen molar-refractivity contribution in [1.82, 2.24) is 15.1 Å². The Morgan fingerprint density at radius 2 is 2.44 bits per heavy atom. The summed E-state index contributed by atoms with van der Waals surface area (Å²) in [4.78, 5) is 11.6. The molecule has 5 nitrogen and oxygen atoms in total. The number of likely N-dealkylation sites (N-methyl/N-ethyl adjacent to an activating group) is 1. The molecule has 16 heavy (non-hydrogen) atoms. The summed E-state index contributed by atoms with van der Waals surface area (Å²) in [5.41, 5.74) is 0. The van der Waals surface area contributed by atoms with Gasteiger partial charge in [-0.15, -0.1) is 0 Å². The van der Waals surface area contributed by atoms with Gasteiger partial charge in [-0.2, -0.15) is 5.10 Å². The molecule has 0 saturated heterocycles. The fourth-order valence-electron chi connectivity index (χ4n) is 1.49. The molecule has 0 aromatic carbocycles. The van der Waals surface area contributed by atoms with Crippen molar-refractivity contribution in [1.29, 1.82) is 0 Å². The van der Waals surface area contributed by atoms with E-state index in [4.69, 9.17) is 4.74 Å². The van der Waals surface area contributed by atoms with Crippen LogP contribution in [0.15, 0.2) is 16.9 Å². The maximum Gasteiger partial charge on any atom is 0.325 e. The summed E-state index contributed by atoms with van der Waals surface area (Å²) in [6.45, 7) is 4.57. The lowest BCUT2D eigenvalue weighted by Gasteiger charge is -2.22. The largest absolute Gasteiger partial charge is 0.468 e. The Labute approximate surface area is 103 Å². The van der Waals surface area contributed by atoms with E-state index in [0.717, 1.165) is 4.47 Å². The topological polar surface area (TPSA) is 56.1 Å². The van der Waals surface area contributed by atoms with E-state index in [-0.39, 0.29) is 18.1 Å². The average molecular weight is 290 g/mol. The molecule has 90 valence electrons. The van der Waals surface area contributed by atoms with Gasteiger partial charge >= 0.3 is 5.97 Å². The Kier molecular flexibility index (Phi) is 4.95. The van der Waals surface area contributed by atoms with Crippen molar-refractivity contribution in [2.75, 3.05) is 13.7 Å². The maximum absolute atomic E-state index is 11.6. The standard InChI is InChI=1S/C10H16BrN3O2/c1-4-12-9(10(15)16-3)7(2)14-6-8(11)5-13-14/h5-7,9,12H,4H2,1-3H3. The number of methoxy groups -OCH3 is 1. The van der Waals surface area contributed by atoms with Crippen LogP contribution >= 0.6 is 15.9 Å². The van der Waals surface area contributed by atoms with Crippen molar-refractivity contribution < 1.29 is 9.53 Å². The molecule has 1 aromatic heterocycles. The highest BCUT2D eigenvalue weighted by Gasteiger charge is 2.26. The van der Waals surface area contributed by atoms with E-state index in [1.807, 2.05) is 20.0 Å². The molecule has 0 aliphatic carbocycles. The van der Waals surface area contributed by atoms with Crippen molar-refractivity contribution in [3.63, 3.8) is 0 Å². The van der Waals surface area contributed by atoms with Gasteiger partial charge < -0.3 is 10.1 Å². The van der Waals surface area contributed by atoms with Crippen LogP contribution in [0.2, 0.25) is 0 Å². The zero-order chi connectivity index (χ0) is 12.1. The molecule has 2 atom stereocenters. The zero-order valence-corrected chi connectivity index (χ0v) is 11.2. The van der Waals surface area contributed by atoms with Crippen molar-refractivity contribution in [2.24, 2.45) is 0 Å². The number of nitrogens with one attached hydrogen (secondary N) is 1. The number of halogens is 1. The molecule has 0 spiro atoms. The molecule has 1 rings (SSSR count). The van der Waals surface area contributed by atoms with Crippen LogP contribution in [0.3, 0.4) is 0 Å². The first-order valence-electron chi connectivity index (χ1n) is 5.11. The second-order valence-corrected chi connectivity index (χ2v) is 4.35. The van der Waals surface area contributed by atoms with Crippen LogP contribution in [0.4, 0.5) is 0 Å². The predicted octanol–water partition coefficient (Wildman–Crippen LogP) is 1.36. The number of aromatic nitrogens is 2. The summed E-state index contributed by atoms with van der Waals surface area (Å²) in [6.07, 6.45) is 3.52. The molecular formula is C10H16BrN3O2. The second kappa shape index (κ2) is 6.00. The van der Waals surface area contributed by atoms with E-state index >= 15 is 0 Å². The van der Waals surface area contributed by atoms with Crippen LogP contribution in [0, 0.1) is 0 Å². The first-order valence-corrected chi connectivity index (χ1v) is 5.90. The summed E-state index contributed by atoms with van der Waals surface area (Å²) in [6, 6.07) is -0.486. The number of ether oxygens (including phenoxy) is 1. The van der Waals surface area contributed by atoms with Crippen LogP contribution in [0.1, 0.15) is 19.9 Å². The van der Waals surface area contributed by atoms with E-state index in [1.54, 1.807) is 10.9 Å². The highest BCUT2D eigenvalue weighted by molar-refractivity contribution is 9.10. The van der Waals surface area contributed by atoms with Crippen molar-refractivity contribution in [3.05, 3.63) is 16.9 Å². The Bertz CT molecular complexity index is 354. The molecule has 0 radical (unpaired) electrons. The molecule has 6 heteroatoms. The maximum atomic E-state index is 11.6. The Morgan fingerprint density at radius 3 is 2.88 bits per heavy atom. The van der Waals surface area contributed by atoms with Crippen LogP contribution in [0.25, 0.3) is 0 Å². The first-order chi connectivity index (χ1) is 7.60. The zero-order valence-electron chi connectivity index (χ0n) is 9.61. The fraction of sp³-hybridized carbons (Fsp3) is 0.600. The smallest absolute Gasteiger partial charge is 0.325 e. The fourth-order valence-corrected chi connectivity index (χ4v) is 1.79. The van der Waals surface area contributed by atoms with Gasteiger partial charge in [0, 0.05) is 6.20 Å². The molecular weight excluding hydrogens is 274 g/mol. The number of hydrogen-bond acceptors (Lipinski definition) is 4. The molecule has 2 unspecified atom stereocenters. The van der Waals surface area contributed by atoms with Gasteiger partial charge in [0.2, 0.25) is 0 Å². The highest BCUT2D eigenvalue weighted by atomic mass is 79.9. The Morgan fingerprint density at radius 1 is 1.75 bits per heavy atom. The quantitative estimate of drug-likeness (QED) is 0.832. The minimum Gasteiger partial charge on any atom is -0.468 e. The van der Waals surface area contributed by atoms with Gasteiger partial charge in [-0.1, -0.05) is 6.92 Å². The van der Waals surface area contributed by atoms with Gasteiger partial charge in [-0.05, 0) is 29.4 Å². The van der Waals surface area contributed by atoms with Crippen LogP contribution < -0.4 is 5.32 Å². The number of nitrogens with zero attached hydrogens (tertiary/aromatic N) is 2. The third-order valence-electron chi connectivity index (χ3n) is 2.35. The Balaban J connectivity index is 2.81. The van der Waals surface area contributed by atoms with Crippen LogP contribution in [0.5, 0.6) is 0 Å². The number of hydrogen-bond donors (Lipinski definition) is 1. The minimum atomic E-state index is -0.387. The summed E-state index contributed by atoms with van der Waals surface area (Å²) in [5.74, 6) is -0.277. The third-order valence-corrected chi connectivity index (χ3v) is 2.76. The number of carbonyl (C=O) groups is 1. The van der Waals surface area contributed by atoms with E-state index in [9.17, 15) is 4.79 Å². The summed E-state index contributed by atoms with van der Waals surface area (Å²) in [7, 11) is 1.39. The first kappa shape index (κ1) is 13.2. The molecule has 1 N–H and O–H groups in total. The van der Waals surface area contributed by atoms with Crippen LogP contribution in [-0.2, 0) is 9.53 Å². The number of rotatable bonds is 5. The van der Waals surface area contributed by atoms with E-state index in [1.165, 1.54) is 7.11 Å². The van der Waals surface area contributed by atoms with Gasteiger partial charge in [0.25, 0.3) is 0 Å². The van der Waals surface area contributed by atoms with Crippen molar-refractivity contribution >= 4 is 21.9 Å². The summed E-state index contributed by atoms with van der Waals surface area (Å²) < 4.78 is 7.38. The van der Waals surface area contributed by atoms with Gasteiger partial charge in [0.15, 0.2) is 0 Å². The SMILES string of the molecule is CCNC(C(=O)OC)C(C)n1cc(Br)cn1. The van der Waals surface area contributed by atoms with Gasteiger partial charge in [0.05, 0.1) is 23.8 Å². The number of carbonyl (C=O) groups excluding carboxylic acids is 1. The summed E-state index contributed by atoms with van der Waals surface area (Å²) >= 11 is 3.32. The minimum absolute atomic E-state index is 0.0984. The van der Waals surface area contributed by atoms with Crippen molar-refractivity contribution in [2.45, 2.75) is 25.9 Å². The van der Waals surface area contributed by atoms with E-state index in [2.05, 4.69) is 26.3 Å². The van der Waals surface area contributed by atoms with Gasteiger partial charge in [-0.3, -0.25) is 9.48 Å². The predicted molar refractivity (Wildman–Crippen MR) is 64.1 cm³/mol. The molecule has 0 aliphatic rings. The molecule has 0 fully saturated rings. The average Bonchev–Trinajstić information content (AvgIpc) is 2.71. The molecule has 0 amide bonds. The molecule has 0 aliphatic heterocycles. The van der Waals surface area contributed by atoms with Crippen molar-refractivity contribution in [3.8, 4) is 0 Å². The Hall–Kier alpha value is -0.880. The van der Waals surface area contributed by atoms with Crippen LogP contribution in [-0.4, -0.2) is 35.4 Å². The lowest BCUT2D eigenvalue weighted by atomic mass is 10.1. The van der Waals surface area contributed by atoms with E-state index in [0.29, 0.717) is 6.54 Å². The second-order valence-electron chi connectivity index (χ2n) is 3.44. The van der Waals surface area contributed by atoms with Gasteiger partial charge in [-0.25, -0.2) is 0 Å². The lowest BCUT2D eigenvalue weighted by molar-refractivity contribution is -0.144. The molecule has 1 aromatic rings. The third kappa shape index (κ3) is 3.05. The molecule has 0 bridgehead atoms. The normalized spacial score (nSPS) is 14.5. The number of esters is 1. The van der Waals surface area contributed by atoms with Gasteiger partial charge in [0.1, 0.15) is 6.04 Å². The monoisotopic (exact) mass is 289 g/mol. The molecule has 1 heterocycles. The summed E-state index contributed by atoms with van der Waals surface area (Å²) in [5, 5.41) is 7.25.